The smallest absolute Gasteiger partial charge is 0.131 e. The second-order valence-electron chi connectivity index (χ2n) is 5.42. The summed E-state index contributed by atoms with van der Waals surface area (Å²) in [4.78, 5) is 7.78. The molecular weight excluding hydrogens is 268 g/mol. The van der Waals surface area contributed by atoms with E-state index in [0.29, 0.717) is 10.6 Å². The molecule has 1 aromatic carbocycles. The Morgan fingerprint density at radius 3 is 3.00 bits per heavy atom. The van der Waals surface area contributed by atoms with Gasteiger partial charge >= 0.3 is 0 Å². The Bertz CT molecular complexity index is 691. The zero-order chi connectivity index (χ0) is 14.1. The maximum absolute atomic E-state index is 5.87. The first kappa shape index (κ1) is 13.3. The summed E-state index contributed by atoms with van der Waals surface area (Å²) >= 11 is 5.29. The third-order valence-electron chi connectivity index (χ3n) is 3.53. The van der Waals surface area contributed by atoms with Crippen LogP contribution in [0, 0.1) is 4.64 Å². The third-order valence-corrected chi connectivity index (χ3v) is 3.74. The van der Waals surface area contributed by atoms with E-state index in [1.165, 1.54) is 5.56 Å². The van der Waals surface area contributed by atoms with Gasteiger partial charge in [-0.05, 0) is 30.5 Å². The number of hydrogen-bond acceptors (Lipinski definition) is 3. The van der Waals surface area contributed by atoms with Crippen LogP contribution in [-0.2, 0) is 6.42 Å². The van der Waals surface area contributed by atoms with E-state index in [2.05, 4.69) is 42.0 Å². The molecule has 0 aliphatic carbocycles. The Hall–Kier alpha value is -1.68. The van der Waals surface area contributed by atoms with Crippen molar-refractivity contribution in [3.05, 3.63) is 40.3 Å². The Balaban J connectivity index is 2.16. The molecule has 0 atom stereocenters. The topological polar surface area (TPSA) is 37.9 Å². The van der Waals surface area contributed by atoms with Gasteiger partial charge in [0.25, 0.3) is 0 Å². The van der Waals surface area contributed by atoms with Crippen molar-refractivity contribution in [2.75, 3.05) is 6.61 Å². The lowest BCUT2D eigenvalue weighted by atomic mass is 10.0. The molecule has 0 amide bonds. The molecule has 20 heavy (non-hydrogen) atoms. The number of rotatable bonds is 2. The molecule has 1 N–H and O–H groups in total. The van der Waals surface area contributed by atoms with Gasteiger partial charge in [0.15, 0.2) is 0 Å². The number of aromatic amines is 1. The Kier molecular flexibility index (Phi) is 3.57. The van der Waals surface area contributed by atoms with Gasteiger partial charge < -0.3 is 9.72 Å². The van der Waals surface area contributed by atoms with Crippen LogP contribution in [0.3, 0.4) is 0 Å². The molecular formula is C16H18N2OS. The molecule has 4 heteroatoms. The van der Waals surface area contributed by atoms with Gasteiger partial charge in [-0.1, -0.05) is 38.2 Å². The van der Waals surface area contributed by atoms with Gasteiger partial charge in [-0.3, -0.25) is 0 Å². The highest BCUT2D eigenvalue weighted by Crippen LogP contribution is 2.35. The third kappa shape index (κ3) is 2.48. The zero-order valence-electron chi connectivity index (χ0n) is 11.8. The van der Waals surface area contributed by atoms with Crippen LogP contribution < -0.4 is 4.74 Å². The minimum absolute atomic E-state index is 0.317. The highest BCUT2D eigenvalue weighted by atomic mass is 32.1. The Labute approximate surface area is 124 Å². The average Bonchev–Trinajstić information content (AvgIpc) is 2.46. The largest absolute Gasteiger partial charge is 0.493 e. The fourth-order valence-corrected chi connectivity index (χ4v) is 2.71. The molecule has 0 spiro atoms. The second-order valence-corrected chi connectivity index (χ2v) is 5.84. The molecule has 1 aliphatic rings. The van der Waals surface area contributed by atoms with Crippen LogP contribution in [-0.4, -0.2) is 16.6 Å². The van der Waals surface area contributed by atoms with Crippen LogP contribution >= 0.6 is 12.2 Å². The molecule has 1 aliphatic heterocycles. The van der Waals surface area contributed by atoms with Crippen LogP contribution in [0.15, 0.2) is 24.3 Å². The van der Waals surface area contributed by atoms with Crippen molar-refractivity contribution in [2.24, 2.45) is 0 Å². The van der Waals surface area contributed by atoms with Crippen molar-refractivity contribution in [1.82, 2.24) is 9.97 Å². The summed E-state index contributed by atoms with van der Waals surface area (Å²) in [5.41, 5.74) is 3.35. The lowest BCUT2D eigenvalue weighted by Crippen LogP contribution is -2.10. The van der Waals surface area contributed by atoms with Gasteiger partial charge in [0.1, 0.15) is 16.2 Å². The first-order valence-electron chi connectivity index (χ1n) is 7.01. The number of para-hydroxylation sites is 1. The van der Waals surface area contributed by atoms with Gasteiger partial charge in [0.05, 0.1) is 12.3 Å². The summed E-state index contributed by atoms with van der Waals surface area (Å²) < 4.78 is 6.50. The number of nitrogens with zero attached hydrogens (tertiary/aromatic N) is 1. The molecule has 3 nitrogen and oxygen atoms in total. The number of ether oxygens (including phenoxy) is 1. The molecule has 0 radical (unpaired) electrons. The van der Waals surface area contributed by atoms with Gasteiger partial charge in [-0.15, -0.1) is 0 Å². The van der Waals surface area contributed by atoms with Crippen molar-refractivity contribution in [3.63, 3.8) is 0 Å². The van der Waals surface area contributed by atoms with E-state index in [1.807, 2.05) is 6.07 Å². The lowest BCUT2D eigenvalue weighted by Gasteiger charge is -2.20. The monoisotopic (exact) mass is 286 g/mol. The number of aromatic nitrogens is 2. The van der Waals surface area contributed by atoms with Crippen LogP contribution in [0.2, 0.25) is 0 Å². The van der Waals surface area contributed by atoms with E-state index in [9.17, 15) is 0 Å². The first-order valence-corrected chi connectivity index (χ1v) is 7.42. The lowest BCUT2D eigenvalue weighted by molar-refractivity contribution is 0.289. The number of H-pyrrole nitrogens is 1. The van der Waals surface area contributed by atoms with E-state index in [1.54, 1.807) is 0 Å². The van der Waals surface area contributed by atoms with Crippen molar-refractivity contribution < 1.29 is 4.74 Å². The number of hydrogen-bond donors (Lipinski definition) is 1. The first-order chi connectivity index (χ1) is 9.65. The highest BCUT2D eigenvalue weighted by molar-refractivity contribution is 7.71. The summed E-state index contributed by atoms with van der Waals surface area (Å²) in [7, 11) is 0. The molecule has 0 saturated heterocycles. The summed E-state index contributed by atoms with van der Waals surface area (Å²) in [6.07, 6.45) is 2.16. The highest BCUT2D eigenvalue weighted by Gasteiger charge is 2.16. The van der Waals surface area contributed by atoms with E-state index in [-0.39, 0.29) is 0 Å². The molecule has 2 heterocycles. The van der Waals surface area contributed by atoms with Gasteiger partial charge in [0.2, 0.25) is 0 Å². The predicted molar refractivity (Wildman–Crippen MR) is 82.8 cm³/mol. The zero-order valence-corrected chi connectivity index (χ0v) is 12.6. The van der Waals surface area contributed by atoms with Gasteiger partial charge in [-0.25, -0.2) is 4.98 Å². The normalized spacial score (nSPS) is 13.9. The van der Waals surface area contributed by atoms with Crippen LogP contribution in [0.1, 0.15) is 37.6 Å². The molecule has 1 aromatic heterocycles. The SMILES string of the molecule is CC(C)c1nc(=S)cc(-c2cccc3c2OCCC3)[nH]1. The van der Waals surface area contributed by atoms with Gasteiger partial charge in [-0.2, -0.15) is 0 Å². The van der Waals surface area contributed by atoms with Crippen LogP contribution in [0.5, 0.6) is 5.75 Å². The maximum atomic E-state index is 5.87. The minimum Gasteiger partial charge on any atom is -0.493 e. The number of aryl methyl sites for hydroxylation is 1. The fourth-order valence-electron chi connectivity index (χ4n) is 2.50. The van der Waals surface area contributed by atoms with Crippen molar-refractivity contribution >= 4 is 12.2 Å². The van der Waals surface area contributed by atoms with Crippen molar-refractivity contribution in [2.45, 2.75) is 32.6 Å². The Morgan fingerprint density at radius 2 is 2.20 bits per heavy atom. The van der Waals surface area contributed by atoms with E-state index in [0.717, 1.165) is 42.3 Å². The fraction of sp³-hybridized carbons (Fsp3) is 0.375. The summed E-state index contributed by atoms with van der Waals surface area (Å²) in [5, 5.41) is 0. The molecule has 0 fully saturated rings. The quantitative estimate of drug-likeness (QED) is 0.838. The molecule has 0 bridgehead atoms. The van der Waals surface area contributed by atoms with Gasteiger partial charge in [0, 0.05) is 11.5 Å². The minimum atomic E-state index is 0.317. The van der Waals surface area contributed by atoms with Crippen molar-refractivity contribution in [1.29, 1.82) is 0 Å². The van der Waals surface area contributed by atoms with E-state index < -0.39 is 0 Å². The molecule has 104 valence electrons. The number of nitrogens with one attached hydrogen (secondary N) is 1. The molecule has 2 aromatic rings. The van der Waals surface area contributed by atoms with Crippen LogP contribution in [0.4, 0.5) is 0 Å². The average molecular weight is 286 g/mol. The standard InChI is InChI=1S/C16H18N2OS/c1-10(2)16-17-13(9-14(20)18-16)12-7-3-5-11-6-4-8-19-15(11)12/h3,5,7,9-10H,4,6,8H2,1-2H3,(H,17,18,20). The molecule has 0 unspecified atom stereocenters. The number of benzene rings is 1. The molecule has 3 rings (SSSR count). The second kappa shape index (κ2) is 5.37. The molecule has 0 saturated carbocycles. The maximum Gasteiger partial charge on any atom is 0.131 e. The van der Waals surface area contributed by atoms with E-state index >= 15 is 0 Å². The number of fused-ring (bicyclic) bond motifs is 1. The predicted octanol–water partition coefficient (Wildman–Crippen LogP) is 4.25. The summed E-state index contributed by atoms with van der Waals surface area (Å²) in [5.74, 6) is 2.23. The summed E-state index contributed by atoms with van der Waals surface area (Å²) in [6, 6.07) is 8.20. The van der Waals surface area contributed by atoms with Crippen molar-refractivity contribution in [3.8, 4) is 17.0 Å². The summed E-state index contributed by atoms with van der Waals surface area (Å²) in [6.45, 7) is 5.00. The van der Waals surface area contributed by atoms with Crippen LogP contribution in [0.25, 0.3) is 11.3 Å². The Morgan fingerprint density at radius 1 is 1.35 bits per heavy atom. The van der Waals surface area contributed by atoms with E-state index in [4.69, 9.17) is 17.0 Å².